The van der Waals surface area contributed by atoms with Crippen molar-refractivity contribution in [1.82, 2.24) is 15.2 Å². The van der Waals surface area contributed by atoms with Gasteiger partial charge in [0, 0.05) is 23.3 Å². The molecule has 1 aromatic heterocycles. The number of ketones is 1. The molecule has 0 unspecified atom stereocenters. The monoisotopic (exact) mass is 645 g/mol. The number of fused-ring (bicyclic) bond motifs is 1. The number of nitrogens with one attached hydrogen (secondary N) is 1. The van der Waals surface area contributed by atoms with Crippen LogP contribution in [0.2, 0.25) is 0 Å². The summed E-state index contributed by atoms with van der Waals surface area (Å²) in [6.45, 7) is 9.04. The summed E-state index contributed by atoms with van der Waals surface area (Å²) in [5.41, 5.74) is -0.563. The Labute approximate surface area is 269 Å². The molecular weight excluding hydrogens is 606 g/mol. The summed E-state index contributed by atoms with van der Waals surface area (Å²) in [5.74, 6) is -1.80. The molecule has 4 atom stereocenters. The van der Waals surface area contributed by atoms with Crippen molar-refractivity contribution in [3.8, 4) is 17.1 Å². The molecule has 2 aliphatic carbocycles. The van der Waals surface area contributed by atoms with Gasteiger partial charge in [-0.1, -0.05) is 54.6 Å². The molecule has 2 amide bonds. The standard InChI is InChI=1S/C35H39N3O7S/c1-5-24-19-35(24,30(39)21-46(42,43)26-15-16-26)37-31(40)29-18-25(20-38(29)33(41)45-34(2,3)4)44-32-27-14-10-9-13-23(27)17-28(36-32)22-11-7-6-8-12-22/h5-14,17,24-26,29H,1,15-16,18-21H2,2-4H3,(H,37,40)/t24-,25-,29+,35-/m1/s1. The van der Waals surface area contributed by atoms with Gasteiger partial charge in [-0.2, -0.15) is 0 Å². The molecule has 0 radical (unpaired) electrons. The first-order valence-electron chi connectivity index (χ1n) is 15.6. The zero-order chi connectivity index (χ0) is 32.9. The minimum absolute atomic E-state index is 0.0421. The minimum Gasteiger partial charge on any atom is -0.472 e. The topological polar surface area (TPSA) is 132 Å². The van der Waals surface area contributed by atoms with E-state index in [1.54, 1.807) is 26.8 Å². The van der Waals surface area contributed by atoms with Gasteiger partial charge in [-0.3, -0.25) is 14.5 Å². The van der Waals surface area contributed by atoms with Crippen molar-refractivity contribution in [1.29, 1.82) is 0 Å². The molecule has 0 spiro atoms. The van der Waals surface area contributed by atoms with E-state index in [-0.39, 0.29) is 19.4 Å². The number of pyridine rings is 1. The van der Waals surface area contributed by atoms with E-state index in [2.05, 4.69) is 11.9 Å². The van der Waals surface area contributed by atoms with Crippen LogP contribution in [0.15, 0.2) is 73.3 Å². The number of sulfone groups is 1. The third-order valence-corrected chi connectivity index (χ3v) is 10.9. The van der Waals surface area contributed by atoms with E-state index in [0.717, 1.165) is 22.0 Å². The molecule has 1 N–H and O–H groups in total. The van der Waals surface area contributed by atoms with Crippen LogP contribution in [0.5, 0.6) is 5.88 Å². The number of hydrogen-bond acceptors (Lipinski definition) is 8. The fourth-order valence-corrected chi connectivity index (χ4v) is 7.80. The fourth-order valence-electron chi connectivity index (χ4n) is 6.09. The smallest absolute Gasteiger partial charge is 0.411 e. The van der Waals surface area contributed by atoms with Gasteiger partial charge in [-0.05, 0) is 57.6 Å². The second-order valence-corrected chi connectivity index (χ2v) is 15.7. The summed E-state index contributed by atoms with van der Waals surface area (Å²) < 4.78 is 37.5. The van der Waals surface area contributed by atoms with Crippen LogP contribution in [0.3, 0.4) is 0 Å². The number of benzene rings is 2. The summed E-state index contributed by atoms with van der Waals surface area (Å²) in [6.07, 6.45) is 1.70. The zero-order valence-electron chi connectivity index (χ0n) is 26.3. The molecule has 0 bridgehead atoms. The van der Waals surface area contributed by atoms with Crippen LogP contribution in [0.4, 0.5) is 4.79 Å². The van der Waals surface area contributed by atoms with Crippen LogP contribution in [0.25, 0.3) is 22.0 Å². The van der Waals surface area contributed by atoms with Crippen molar-refractivity contribution in [2.24, 2.45) is 5.92 Å². The number of likely N-dealkylation sites (tertiary alicyclic amines) is 1. The Morgan fingerprint density at radius 3 is 2.43 bits per heavy atom. The van der Waals surface area contributed by atoms with Crippen LogP contribution in [0, 0.1) is 5.92 Å². The van der Waals surface area contributed by atoms with Crippen molar-refractivity contribution < 1.29 is 32.3 Å². The summed E-state index contributed by atoms with van der Waals surface area (Å²) in [4.78, 5) is 46.9. The van der Waals surface area contributed by atoms with Gasteiger partial charge in [-0.25, -0.2) is 18.2 Å². The predicted octanol–water partition coefficient (Wildman–Crippen LogP) is 4.87. The van der Waals surface area contributed by atoms with E-state index in [4.69, 9.17) is 14.5 Å². The van der Waals surface area contributed by atoms with Crippen molar-refractivity contribution in [2.75, 3.05) is 12.3 Å². The molecule has 242 valence electrons. The van der Waals surface area contributed by atoms with E-state index in [9.17, 15) is 22.8 Å². The first kappa shape index (κ1) is 31.7. The average molecular weight is 646 g/mol. The summed E-state index contributed by atoms with van der Waals surface area (Å²) in [6, 6.07) is 18.4. The Balaban J connectivity index is 1.27. The van der Waals surface area contributed by atoms with E-state index in [1.165, 1.54) is 4.90 Å². The predicted molar refractivity (Wildman–Crippen MR) is 174 cm³/mol. The molecule has 2 heterocycles. The van der Waals surface area contributed by atoms with E-state index >= 15 is 0 Å². The maximum absolute atomic E-state index is 13.9. The number of rotatable bonds is 10. The van der Waals surface area contributed by atoms with Gasteiger partial charge in [0.15, 0.2) is 15.6 Å². The van der Waals surface area contributed by atoms with Gasteiger partial charge in [-0.15, -0.1) is 6.58 Å². The second-order valence-electron chi connectivity index (χ2n) is 13.5. The van der Waals surface area contributed by atoms with Crippen LogP contribution < -0.4 is 10.1 Å². The van der Waals surface area contributed by atoms with Gasteiger partial charge in [0.1, 0.15) is 29.0 Å². The largest absolute Gasteiger partial charge is 0.472 e. The van der Waals surface area contributed by atoms with Crippen LogP contribution >= 0.6 is 0 Å². The van der Waals surface area contributed by atoms with Crippen LogP contribution in [0.1, 0.15) is 46.5 Å². The second kappa shape index (κ2) is 11.8. The highest BCUT2D eigenvalue weighted by atomic mass is 32.2. The van der Waals surface area contributed by atoms with Crippen molar-refractivity contribution in [2.45, 2.75) is 75.0 Å². The molecular formula is C35H39N3O7S. The van der Waals surface area contributed by atoms with Crippen molar-refractivity contribution in [3.05, 3.63) is 73.3 Å². The van der Waals surface area contributed by atoms with E-state index in [0.29, 0.717) is 18.7 Å². The molecule has 46 heavy (non-hydrogen) atoms. The van der Waals surface area contributed by atoms with Gasteiger partial charge in [0.25, 0.3) is 0 Å². The maximum atomic E-state index is 13.9. The fraction of sp³-hybridized carbons (Fsp3) is 0.429. The Bertz CT molecular complexity index is 1800. The van der Waals surface area contributed by atoms with Crippen LogP contribution in [-0.4, -0.2) is 76.9 Å². The highest BCUT2D eigenvalue weighted by Gasteiger charge is 2.61. The third-order valence-electron chi connectivity index (χ3n) is 8.75. The normalized spacial score (nSPS) is 24.3. The summed E-state index contributed by atoms with van der Waals surface area (Å²) in [5, 5.41) is 4.05. The summed E-state index contributed by atoms with van der Waals surface area (Å²) >= 11 is 0. The number of Topliss-reactive ketones (excluding diaryl/α,β-unsaturated/α-hetero) is 1. The number of aromatic nitrogens is 1. The number of carbonyl (C=O) groups excluding carboxylic acids is 3. The lowest BCUT2D eigenvalue weighted by Crippen LogP contribution is -2.54. The molecule has 1 saturated heterocycles. The lowest BCUT2D eigenvalue weighted by molar-refractivity contribution is -0.130. The van der Waals surface area contributed by atoms with Crippen LogP contribution in [-0.2, 0) is 24.2 Å². The van der Waals surface area contributed by atoms with Gasteiger partial charge in [0.05, 0.1) is 17.5 Å². The highest BCUT2D eigenvalue weighted by molar-refractivity contribution is 7.93. The third kappa shape index (κ3) is 6.51. The number of nitrogens with zero attached hydrogens (tertiary/aromatic N) is 2. The molecule has 2 aromatic carbocycles. The molecule has 10 nitrogen and oxygen atoms in total. The molecule has 3 fully saturated rings. The van der Waals surface area contributed by atoms with E-state index < -0.39 is 67.8 Å². The Morgan fingerprint density at radius 2 is 1.78 bits per heavy atom. The molecule has 1 aliphatic heterocycles. The van der Waals surface area contributed by atoms with Gasteiger partial charge >= 0.3 is 6.09 Å². The SMILES string of the molecule is C=C[C@@H]1C[C@]1(NC(=O)[C@@H]1C[C@@H](Oc2nc(-c3ccccc3)cc3ccccc23)CN1C(=O)OC(C)(C)C)C(=O)CS(=O)(=O)C1CC1. The molecule has 3 aliphatic rings. The molecule has 3 aromatic rings. The Kier molecular flexibility index (Phi) is 8.16. The van der Waals surface area contributed by atoms with E-state index in [1.807, 2.05) is 60.7 Å². The van der Waals surface area contributed by atoms with Crippen molar-refractivity contribution in [3.63, 3.8) is 0 Å². The number of carbonyl (C=O) groups is 3. The number of amides is 2. The lowest BCUT2D eigenvalue weighted by Gasteiger charge is -2.29. The molecule has 11 heteroatoms. The molecule has 2 saturated carbocycles. The van der Waals surface area contributed by atoms with Gasteiger partial charge < -0.3 is 14.8 Å². The maximum Gasteiger partial charge on any atom is 0.411 e. The van der Waals surface area contributed by atoms with Crippen molar-refractivity contribution >= 4 is 38.4 Å². The number of hydrogen-bond donors (Lipinski definition) is 1. The number of ether oxygens (including phenoxy) is 2. The Morgan fingerprint density at radius 1 is 1.09 bits per heavy atom. The first-order chi connectivity index (χ1) is 21.8. The average Bonchev–Trinajstić information content (AvgIpc) is 3.93. The molecule has 6 rings (SSSR count). The quantitative estimate of drug-likeness (QED) is 0.309. The van der Waals surface area contributed by atoms with Gasteiger partial charge in [0.2, 0.25) is 11.8 Å². The zero-order valence-corrected chi connectivity index (χ0v) is 27.1. The Hall–Kier alpha value is -4.25. The highest BCUT2D eigenvalue weighted by Crippen LogP contribution is 2.46. The summed E-state index contributed by atoms with van der Waals surface area (Å²) in [7, 11) is -3.59. The first-order valence-corrected chi connectivity index (χ1v) is 17.3. The minimum atomic E-state index is -3.59. The lowest BCUT2D eigenvalue weighted by atomic mass is 10.1.